The van der Waals surface area contributed by atoms with Gasteiger partial charge in [0, 0.05) is 6.54 Å². The van der Waals surface area contributed by atoms with Crippen molar-refractivity contribution in [2.45, 2.75) is 50.4 Å². The lowest BCUT2D eigenvalue weighted by atomic mass is 10.1. The fraction of sp³-hybridized carbons (Fsp3) is 0.706. The molecule has 0 radical (unpaired) electrons. The molecule has 178 valence electrons. The summed E-state index contributed by atoms with van der Waals surface area (Å²) in [7, 11) is 0. The zero-order chi connectivity index (χ0) is 24.0. The van der Waals surface area contributed by atoms with Gasteiger partial charge in [0.05, 0.1) is 12.6 Å². The van der Waals surface area contributed by atoms with Crippen molar-refractivity contribution in [1.82, 2.24) is 16.0 Å². The molecular weight excluding hydrogens is 430 g/mol. The van der Waals surface area contributed by atoms with Crippen molar-refractivity contribution in [3.8, 4) is 0 Å². The van der Waals surface area contributed by atoms with E-state index in [4.69, 9.17) is 22.3 Å². The van der Waals surface area contributed by atoms with Gasteiger partial charge in [0.2, 0.25) is 17.7 Å². The Balaban J connectivity index is 5.17. The molecule has 13 nitrogen and oxygen atoms in total. The average molecular weight is 464 g/mol. The highest BCUT2D eigenvalue weighted by Gasteiger charge is 2.28. The molecule has 11 N–H and O–H groups in total. The largest absolute Gasteiger partial charge is 0.480 e. The van der Waals surface area contributed by atoms with Gasteiger partial charge in [-0.05, 0) is 38.2 Å². The summed E-state index contributed by atoms with van der Waals surface area (Å²) in [5.41, 5.74) is 16.4. The maximum Gasteiger partial charge on any atom is 0.325 e. The second-order valence-corrected chi connectivity index (χ2v) is 7.70. The molecule has 4 unspecified atom stereocenters. The van der Waals surface area contributed by atoms with Crippen LogP contribution in [0.5, 0.6) is 0 Å². The van der Waals surface area contributed by atoms with Crippen LogP contribution in [-0.4, -0.2) is 89.2 Å². The van der Waals surface area contributed by atoms with Gasteiger partial charge < -0.3 is 43.4 Å². The Morgan fingerprint density at radius 3 is 2.10 bits per heavy atom. The van der Waals surface area contributed by atoms with Crippen molar-refractivity contribution in [3.05, 3.63) is 0 Å². The number of hydrogen-bond donors (Lipinski definition) is 8. The molecule has 0 fully saturated rings. The molecule has 31 heavy (non-hydrogen) atoms. The number of aliphatic hydroxyl groups is 1. The summed E-state index contributed by atoms with van der Waals surface area (Å²) in [5, 5.41) is 25.3. The molecule has 0 spiro atoms. The maximum absolute atomic E-state index is 12.7. The summed E-state index contributed by atoms with van der Waals surface area (Å²) in [4.78, 5) is 51.8. The third-order valence-electron chi connectivity index (χ3n) is 4.09. The molecule has 0 rings (SSSR count). The number of aliphatic hydroxyl groups excluding tert-OH is 1. The summed E-state index contributed by atoms with van der Waals surface area (Å²) >= 11 is 1.52. The highest BCUT2D eigenvalue weighted by molar-refractivity contribution is 7.98. The third kappa shape index (κ3) is 12.0. The number of carboxylic acid groups (broad SMARTS) is 1. The number of carbonyl (C=O) groups is 4. The van der Waals surface area contributed by atoms with Crippen molar-refractivity contribution in [2.75, 3.05) is 25.2 Å². The number of carboxylic acids is 1. The first-order valence-corrected chi connectivity index (χ1v) is 11.0. The van der Waals surface area contributed by atoms with Crippen molar-refractivity contribution in [1.29, 1.82) is 0 Å². The number of guanidine groups is 1. The van der Waals surface area contributed by atoms with Gasteiger partial charge in [0.15, 0.2) is 5.96 Å². The van der Waals surface area contributed by atoms with E-state index in [1.165, 1.54) is 18.7 Å². The van der Waals surface area contributed by atoms with E-state index in [9.17, 15) is 24.3 Å². The van der Waals surface area contributed by atoms with Crippen LogP contribution in [0.15, 0.2) is 4.99 Å². The number of nitrogens with one attached hydrogen (secondary N) is 3. The Hall–Kier alpha value is -2.58. The van der Waals surface area contributed by atoms with Gasteiger partial charge in [-0.25, -0.2) is 0 Å². The van der Waals surface area contributed by atoms with Gasteiger partial charge in [-0.3, -0.25) is 24.2 Å². The van der Waals surface area contributed by atoms with Crippen LogP contribution in [0.3, 0.4) is 0 Å². The smallest absolute Gasteiger partial charge is 0.325 e. The van der Waals surface area contributed by atoms with Crippen LogP contribution < -0.4 is 33.2 Å². The van der Waals surface area contributed by atoms with E-state index in [-0.39, 0.29) is 18.9 Å². The molecule has 0 aliphatic heterocycles. The predicted molar refractivity (Wildman–Crippen MR) is 117 cm³/mol. The topological polar surface area (TPSA) is 235 Å². The highest BCUT2D eigenvalue weighted by Crippen LogP contribution is 2.03. The molecule has 0 aromatic heterocycles. The van der Waals surface area contributed by atoms with E-state index in [0.717, 1.165) is 0 Å². The molecule has 0 aliphatic rings. The lowest BCUT2D eigenvalue weighted by molar-refractivity contribution is -0.142. The number of amides is 3. The van der Waals surface area contributed by atoms with Crippen molar-refractivity contribution >= 4 is 41.4 Å². The van der Waals surface area contributed by atoms with Crippen LogP contribution in [0.4, 0.5) is 0 Å². The van der Waals surface area contributed by atoms with Crippen LogP contribution >= 0.6 is 11.8 Å². The molecule has 0 saturated heterocycles. The number of nitrogens with zero attached hydrogens (tertiary/aromatic N) is 1. The van der Waals surface area contributed by atoms with Gasteiger partial charge in [-0.2, -0.15) is 11.8 Å². The molecule has 0 aromatic carbocycles. The summed E-state index contributed by atoms with van der Waals surface area (Å²) in [6, 6.07) is -4.52. The molecule has 3 amide bonds. The quantitative estimate of drug-likeness (QED) is 0.0683. The second kappa shape index (κ2) is 15.3. The summed E-state index contributed by atoms with van der Waals surface area (Å²) in [6.45, 7) is 0.672. The van der Waals surface area contributed by atoms with Crippen LogP contribution in [0.25, 0.3) is 0 Å². The average Bonchev–Trinajstić information content (AvgIpc) is 2.71. The fourth-order valence-corrected chi connectivity index (χ4v) is 2.76. The Kier molecular flexibility index (Phi) is 14.0. The lowest BCUT2D eigenvalue weighted by Gasteiger charge is -2.23. The summed E-state index contributed by atoms with van der Waals surface area (Å²) in [5.74, 6) is -2.90. The number of nitrogens with two attached hydrogens (primary N) is 3. The zero-order valence-corrected chi connectivity index (χ0v) is 18.5. The molecule has 0 saturated carbocycles. The first-order chi connectivity index (χ1) is 14.5. The van der Waals surface area contributed by atoms with E-state index < -0.39 is 54.5 Å². The predicted octanol–water partition coefficient (Wildman–Crippen LogP) is -3.33. The van der Waals surface area contributed by atoms with E-state index in [2.05, 4.69) is 20.9 Å². The van der Waals surface area contributed by atoms with Gasteiger partial charge >= 0.3 is 5.97 Å². The molecule has 4 atom stereocenters. The van der Waals surface area contributed by atoms with Crippen LogP contribution in [0.1, 0.15) is 26.2 Å². The first kappa shape index (κ1) is 28.4. The first-order valence-electron chi connectivity index (χ1n) is 9.58. The normalized spacial score (nSPS) is 14.5. The van der Waals surface area contributed by atoms with Crippen molar-refractivity contribution in [3.63, 3.8) is 0 Å². The number of thioether (sulfide) groups is 1. The van der Waals surface area contributed by atoms with Crippen molar-refractivity contribution in [2.24, 2.45) is 22.2 Å². The standard InChI is InChI=1S/C17H33N7O6S/c1-9(16(29)30)22-15(28)12(8-25)24-14(27)11(4-3-6-21-17(19)20)23-13(26)10(18)5-7-31-2/h9-12,25H,3-8,18H2,1-2H3,(H,22,28)(H,23,26)(H,24,27)(H,29,30)(H4,19,20,21). The molecule has 0 bridgehead atoms. The number of aliphatic carboxylic acids is 1. The van der Waals surface area contributed by atoms with Gasteiger partial charge in [0.1, 0.15) is 18.1 Å². The van der Waals surface area contributed by atoms with E-state index in [0.29, 0.717) is 18.6 Å². The molecule has 0 aliphatic carbocycles. The van der Waals surface area contributed by atoms with Crippen LogP contribution in [-0.2, 0) is 19.2 Å². The Morgan fingerprint density at radius 1 is 1.00 bits per heavy atom. The minimum absolute atomic E-state index is 0.117. The van der Waals surface area contributed by atoms with Gasteiger partial charge in [0.25, 0.3) is 0 Å². The van der Waals surface area contributed by atoms with Gasteiger partial charge in [-0.15, -0.1) is 0 Å². The monoisotopic (exact) mass is 463 g/mol. The van der Waals surface area contributed by atoms with Crippen LogP contribution in [0.2, 0.25) is 0 Å². The highest BCUT2D eigenvalue weighted by atomic mass is 32.2. The maximum atomic E-state index is 12.7. The van der Waals surface area contributed by atoms with E-state index >= 15 is 0 Å². The number of carbonyl (C=O) groups excluding carboxylic acids is 3. The number of hydrogen-bond acceptors (Lipinski definition) is 8. The fourth-order valence-electron chi connectivity index (χ4n) is 2.27. The lowest BCUT2D eigenvalue weighted by Crippen LogP contribution is -2.57. The van der Waals surface area contributed by atoms with Gasteiger partial charge in [-0.1, -0.05) is 0 Å². The minimum atomic E-state index is -1.41. The minimum Gasteiger partial charge on any atom is -0.480 e. The third-order valence-corrected chi connectivity index (χ3v) is 4.74. The molecule has 0 aromatic rings. The van der Waals surface area contributed by atoms with E-state index in [1.807, 2.05) is 6.26 Å². The SMILES string of the molecule is CSCCC(N)C(=O)NC(CCCN=C(N)N)C(=O)NC(CO)C(=O)NC(C)C(=O)O. The van der Waals surface area contributed by atoms with Crippen molar-refractivity contribution < 1.29 is 29.4 Å². The number of aliphatic imine (C=N–C) groups is 1. The van der Waals surface area contributed by atoms with E-state index in [1.54, 1.807) is 0 Å². The molecular formula is C17H33N7O6S. The zero-order valence-electron chi connectivity index (χ0n) is 17.7. The molecule has 0 heterocycles. The summed E-state index contributed by atoms with van der Waals surface area (Å²) < 4.78 is 0. The Morgan fingerprint density at radius 2 is 1.58 bits per heavy atom. The van der Waals surface area contributed by atoms with Crippen LogP contribution in [0, 0.1) is 0 Å². The Bertz CT molecular complexity index is 644. The summed E-state index contributed by atoms with van der Waals surface area (Å²) in [6.07, 6.45) is 2.75. The number of rotatable bonds is 15. The Labute approximate surface area is 185 Å². The molecule has 14 heteroatoms. The second-order valence-electron chi connectivity index (χ2n) is 6.71.